The molecule has 0 heterocycles. The fourth-order valence-corrected chi connectivity index (χ4v) is 4.56. The van der Waals surface area contributed by atoms with Crippen LogP contribution in [0.3, 0.4) is 0 Å². The van der Waals surface area contributed by atoms with Crippen molar-refractivity contribution in [3.05, 3.63) is 59.9 Å². The predicted octanol–water partition coefficient (Wildman–Crippen LogP) is 3.71. The van der Waals surface area contributed by atoms with Crippen LogP contribution in [-0.2, 0) is 26.2 Å². The number of anilines is 1. The van der Waals surface area contributed by atoms with E-state index in [2.05, 4.69) is 5.32 Å². The van der Waals surface area contributed by atoms with E-state index in [0.29, 0.717) is 17.0 Å². The van der Waals surface area contributed by atoms with Crippen LogP contribution in [0, 0.1) is 5.82 Å². The van der Waals surface area contributed by atoms with Gasteiger partial charge in [-0.15, -0.1) is 0 Å². The molecular weight excluding hydrogens is 485 g/mol. The number of halogens is 1. The highest BCUT2D eigenvalue weighted by Crippen LogP contribution is 2.24. The molecule has 2 atom stereocenters. The molecule has 0 fully saturated rings. The summed E-state index contributed by atoms with van der Waals surface area (Å²) in [5, 5.41) is 2.89. The van der Waals surface area contributed by atoms with Crippen LogP contribution in [0.2, 0.25) is 0 Å². The standard InChI is InChI=1S/C26H36FN3O5S/c1-6-19(2)28-26(32)20(3)29(18-21-12-14-22(27)15-13-21)25(31)11-8-16-30(36(5,33)34)23-9-7-10-24(17-23)35-4/h7,9-10,12-15,17,19-20H,6,8,11,16,18H2,1-5H3,(H,28,32)/t19-,20-/m1/s1. The average Bonchev–Trinajstić information content (AvgIpc) is 2.84. The molecule has 10 heteroatoms. The minimum Gasteiger partial charge on any atom is -0.497 e. The van der Waals surface area contributed by atoms with Crippen molar-refractivity contribution < 1.29 is 27.1 Å². The maximum atomic E-state index is 13.4. The fourth-order valence-electron chi connectivity index (χ4n) is 3.60. The number of ether oxygens (including phenoxy) is 1. The van der Waals surface area contributed by atoms with Gasteiger partial charge in [0, 0.05) is 31.6 Å². The largest absolute Gasteiger partial charge is 0.497 e. The summed E-state index contributed by atoms with van der Waals surface area (Å²) in [6.07, 6.45) is 2.12. The number of methoxy groups -OCH3 is 1. The number of hydrogen-bond donors (Lipinski definition) is 1. The third-order valence-electron chi connectivity index (χ3n) is 5.93. The van der Waals surface area contributed by atoms with Gasteiger partial charge in [0.2, 0.25) is 21.8 Å². The van der Waals surface area contributed by atoms with E-state index in [1.54, 1.807) is 43.3 Å². The quantitative estimate of drug-likeness (QED) is 0.434. The second kappa shape index (κ2) is 13.2. The molecule has 0 bridgehead atoms. The van der Waals surface area contributed by atoms with Crippen LogP contribution >= 0.6 is 0 Å². The molecule has 1 N–H and O–H groups in total. The van der Waals surface area contributed by atoms with Crippen LogP contribution in [-0.4, -0.2) is 57.1 Å². The number of carbonyl (C=O) groups excluding carboxylic acids is 2. The number of rotatable bonds is 13. The molecule has 2 rings (SSSR count). The second-order valence-electron chi connectivity index (χ2n) is 8.78. The normalized spacial score (nSPS) is 12.9. The van der Waals surface area contributed by atoms with Crippen molar-refractivity contribution in [1.29, 1.82) is 0 Å². The van der Waals surface area contributed by atoms with Gasteiger partial charge in [0.15, 0.2) is 0 Å². The lowest BCUT2D eigenvalue weighted by atomic mass is 10.1. The van der Waals surface area contributed by atoms with E-state index >= 15 is 0 Å². The molecule has 2 aromatic carbocycles. The van der Waals surface area contributed by atoms with E-state index in [-0.39, 0.29) is 43.8 Å². The van der Waals surface area contributed by atoms with Crippen molar-refractivity contribution in [2.45, 2.75) is 58.7 Å². The molecule has 0 saturated carbocycles. The molecular formula is C26H36FN3O5S. The lowest BCUT2D eigenvalue weighted by Crippen LogP contribution is -2.49. The van der Waals surface area contributed by atoms with Gasteiger partial charge < -0.3 is 15.0 Å². The first-order chi connectivity index (χ1) is 17.0. The molecule has 8 nitrogen and oxygen atoms in total. The lowest BCUT2D eigenvalue weighted by molar-refractivity contribution is -0.140. The Kier molecular flexibility index (Phi) is 10.7. The Morgan fingerprint density at radius 3 is 2.36 bits per heavy atom. The SMILES string of the molecule is CC[C@@H](C)NC(=O)[C@@H](C)N(Cc1ccc(F)cc1)C(=O)CCCN(c1cccc(OC)c1)S(C)(=O)=O. The first-order valence-corrected chi connectivity index (χ1v) is 13.8. The van der Waals surface area contributed by atoms with Crippen molar-refractivity contribution in [1.82, 2.24) is 10.2 Å². The minimum absolute atomic E-state index is 0.0259. The molecule has 0 aromatic heterocycles. The Morgan fingerprint density at radius 1 is 1.11 bits per heavy atom. The van der Waals surface area contributed by atoms with Crippen LogP contribution in [0.15, 0.2) is 48.5 Å². The van der Waals surface area contributed by atoms with Crippen molar-refractivity contribution >= 4 is 27.5 Å². The first-order valence-electron chi connectivity index (χ1n) is 11.9. The highest BCUT2D eigenvalue weighted by Gasteiger charge is 2.27. The van der Waals surface area contributed by atoms with Gasteiger partial charge in [-0.2, -0.15) is 0 Å². The summed E-state index contributed by atoms with van der Waals surface area (Å²) in [5.74, 6) is -0.458. The van der Waals surface area contributed by atoms with E-state index in [1.165, 1.54) is 28.4 Å². The Bertz CT molecular complexity index is 1120. The maximum Gasteiger partial charge on any atom is 0.242 e. The number of benzene rings is 2. The van der Waals surface area contributed by atoms with Crippen molar-refractivity contribution in [2.24, 2.45) is 0 Å². The summed E-state index contributed by atoms with van der Waals surface area (Å²) in [7, 11) is -2.11. The number of hydrogen-bond acceptors (Lipinski definition) is 5. The van der Waals surface area contributed by atoms with Gasteiger partial charge in [0.1, 0.15) is 17.6 Å². The van der Waals surface area contributed by atoms with Gasteiger partial charge in [-0.05, 0) is 56.5 Å². The third-order valence-corrected chi connectivity index (χ3v) is 7.12. The van der Waals surface area contributed by atoms with Gasteiger partial charge in [0.05, 0.1) is 19.1 Å². The van der Waals surface area contributed by atoms with E-state index in [1.807, 2.05) is 13.8 Å². The van der Waals surface area contributed by atoms with E-state index in [0.717, 1.165) is 12.7 Å². The first kappa shape index (κ1) is 29.1. The van der Waals surface area contributed by atoms with Gasteiger partial charge >= 0.3 is 0 Å². The molecule has 36 heavy (non-hydrogen) atoms. The van der Waals surface area contributed by atoms with Crippen molar-refractivity contribution in [3.8, 4) is 5.75 Å². The van der Waals surface area contributed by atoms with Gasteiger partial charge in [-0.1, -0.05) is 25.1 Å². The van der Waals surface area contributed by atoms with Crippen molar-refractivity contribution in [2.75, 3.05) is 24.2 Å². The molecule has 0 spiro atoms. The van der Waals surface area contributed by atoms with E-state index < -0.39 is 21.9 Å². The van der Waals surface area contributed by atoms with E-state index in [4.69, 9.17) is 4.74 Å². The summed E-state index contributed by atoms with van der Waals surface area (Å²) in [5.41, 5.74) is 1.12. The molecule has 0 aliphatic carbocycles. The van der Waals surface area contributed by atoms with Crippen LogP contribution in [0.1, 0.15) is 45.6 Å². The maximum absolute atomic E-state index is 13.4. The monoisotopic (exact) mass is 521 g/mol. The minimum atomic E-state index is -3.61. The van der Waals surface area contributed by atoms with Gasteiger partial charge in [-0.25, -0.2) is 12.8 Å². The Hall–Kier alpha value is -3.14. The fraction of sp³-hybridized carbons (Fsp3) is 0.462. The number of carbonyl (C=O) groups is 2. The highest BCUT2D eigenvalue weighted by atomic mass is 32.2. The molecule has 0 aliphatic heterocycles. The number of sulfonamides is 1. The van der Waals surface area contributed by atoms with Crippen LogP contribution in [0.5, 0.6) is 5.75 Å². The Balaban J connectivity index is 2.17. The van der Waals surface area contributed by atoms with Crippen molar-refractivity contribution in [3.63, 3.8) is 0 Å². The zero-order valence-electron chi connectivity index (χ0n) is 21.5. The molecule has 0 aliphatic rings. The van der Waals surface area contributed by atoms with Crippen LogP contribution < -0.4 is 14.4 Å². The summed E-state index contributed by atoms with van der Waals surface area (Å²) >= 11 is 0. The lowest BCUT2D eigenvalue weighted by Gasteiger charge is -2.30. The van der Waals surface area contributed by atoms with E-state index in [9.17, 15) is 22.4 Å². The smallest absolute Gasteiger partial charge is 0.242 e. The summed E-state index contributed by atoms with van der Waals surface area (Å²) in [6.45, 7) is 5.69. The summed E-state index contributed by atoms with van der Waals surface area (Å²) in [4.78, 5) is 27.5. The number of nitrogens with zero attached hydrogens (tertiary/aromatic N) is 2. The molecule has 0 saturated heterocycles. The highest BCUT2D eigenvalue weighted by molar-refractivity contribution is 7.92. The van der Waals surface area contributed by atoms with Crippen LogP contribution in [0.25, 0.3) is 0 Å². The zero-order valence-corrected chi connectivity index (χ0v) is 22.3. The molecule has 198 valence electrons. The summed E-state index contributed by atoms with van der Waals surface area (Å²) in [6, 6.07) is 11.6. The predicted molar refractivity (Wildman–Crippen MR) is 139 cm³/mol. The van der Waals surface area contributed by atoms with Crippen LogP contribution in [0.4, 0.5) is 10.1 Å². The average molecular weight is 522 g/mol. The molecule has 0 radical (unpaired) electrons. The number of amides is 2. The zero-order chi connectivity index (χ0) is 26.9. The number of nitrogens with one attached hydrogen (secondary N) is 1. The second-order valence-corrected chi connectivity index (χ2v) is 10.7. The molecule has 2 amide bonds. The van der Waals surface area contributed by atoms with Gasteiger partial charge in [-0.3, -0.25) is 13.9 Å². The Labute approximate surface area is 213 Å². The topological polar surface area (TPSA) is 96.0 Å². The molecule has 2 aromatic rings. The Morgan fingerprint density at radius 2 is 1.78 bits per heavy atom. The summed E-state index contributed by atoms with van der Waals surface area (Å²) < 4.78 is 44.7. The van der Waals surface area contributed by atoms with Gasteiger partial charge in [0.25, 0.3) is 0 Å². The third kappa shape index (κ3) is 8.51. The molecule has 0 unspecified atom stereocenters.